The first-order chi connectivity index (χ1) is 7.25. The van der Waals surface area contributed by atoms with Crippen molar-refractivity contribution in [2.24, 2.45) is 11.5 Å². The maximum atomic E-state index is 9.83. The van der Waals surface area contributed by atoms with Gasteiger partial charge in [-0.25, -0.2) is 9.59 Å². The number of hydrogen-bond acceptors (Lipinski definition) is 4. The maximum Gasteiger partial charge on any atom is 0.328 e. The lowest BCUT2D eigenvalue weighted by Gasteiger charge is -1.76. The SMILES string of the molecule is NC(=O)/C=C\C(N)=O.O=C(O)/C=C\C(=O)O. The van der Waals surface area contributed by atoms with E-state index in [0.717, 1.165) is 12.2 Å². The Morgan fingerprint density at radius 3 is 1.06 bits per heavy atom. The largest absolute Gasteiger partial charge is 0.478 e. The summed E-state index contributed by atoms with van der Waals surface area (Å²) in [5.41, 5.74) is 9.21. The average Bonchev–Trinajstić information content (AvgIpc) is 2.12. The summed E-state index contributed by atoms with van der Waals surface area (Å²) >= 11 is 0. The van der Waals surface area contributed by atoms with Crippen LogP contribution in [0.2, 0.25) is 0 Å². The Bertz CT molecular complexity index is 278. The maximum absolute atomic E-state index is 9.83. The standard InChI is InChI=1S/C4H6N2O2.C4H4O4/c5-3(7)1-2-4(6)8;5-3(6)1-2-4(7)8/h1-2H,(H2,5,7)(H2,6,8);1-2H,(H,5,6)(H,7,8)/b2*2-1-. The van der Waals surface area contributed by atoms with E-state index in [1.54, 1.807) is 0 Å². The molecule has 2 amide bonds. The highest BCUT2D eigenvalue weighted by molar-refractivity contribution is 5.95. The fourth-order valence-electron chi connectivity index (χ4n) is 0.307. The summed E-state index contributed by atoms with van der Waals surface area (Å²) in [5, 5.41) is 15.6. The minimum atomic E-state index is -1.26. The number of aliphatic carboxylic acids is 2. The molecule has 16 heavy (non-hydrogen) atoms. The van der Waals surface area contributed by atoms with Crippen molar-refractivity contribution < 1.29 is 29.4 Å². The summed E-state index contributed by atoms with van der Waals surface area (Å²) in [7, 11) is 0. The van der Waals surface area contributed by atoms with Gasteiger partial charge in [-0.05, 0) is 0 Å². The Labute approximate surface area is 89.8 Å². The molecule has 8 nitrogen and oxygen atoms in total. The lowest BCUT2D eigenvalue weighted by molar-refractivity contribution is -0.134. The molecule has 0 atom stereocenters. The molecule has 88 valence electrons. The molecule has 0 rings (SSSR count). The van der Waals surface area contributed by atoms with E-state index in [9.17, 15) is 19.2 Å². The molecule has 0 heterocycles. The molecule has 0 aromatic heterocycles. The quantitative estimate of drug-likeness (QED) is 0.417. The summed E-state index contributed by atoms with van der Waals surface area (Å²) < 4.78 is 0. The normalized spacial score (nSPS) is 9.50. The van der Waals surface area contributed by atoms with Crippen LogP contribution < -0.4 is 11.5 Å². The third-order valence-electron chi connectivity index (χ3n) is 0.780. The molecule has 0 fully saturated rings. The zero-order valence-corrected chi connectivity index (χ0v) is 7.99. The van der Waals surface area contributed by atoms with E-state index >= 15 is 0 Å². The fourth-order valence-corrected chi connectivity index (χ4v) is 0.307. The van der Waals surface area contributed by atoms with Crippen molar-refractivity contribution in [1.29, 1.82) is 0 Å². The number of nitrogens with two attached hydrogens (primary N) is 2. The van der Waals surface area contributed by atoms with Crippen molar-refractivity contribution >= 4 is 23.8 Å². The van der Waals surface area contributed by atoms with E-state index in [1.165, 1.54) is 0 Å². The lowest BCUT2D eigenvalue weighted by Crippen LogP contribution is -2.10. The first-order valence-electron chi connectivity index (χ1n) is 3.66. The van der Waals surface area contributed by atoms with Crippen molar-refractivity contribution in [3.63, 3.8) is 0 Å². The monoisotopic (exact) mass is 230 g/mol. The van der Waals surface area contributed by atoms with Crippen LogP contribution in [0.15, 0.2) is 24.3 Å². The number of carboxylic acid groups (broad SMARTS) is 2. The van der Waals surface area contributed by atoms with Crippen LogP contribution in [0.3, 0.4) is 0 Å². The Morgan fingerprint density at radius 1 is 0.688 bits per heavy atom. The van der Waals surface area contributed by atoms with Gasteiger partial charge in [0.1, 0.15) is 0 Å². The van der Waals surface area contributed by atoms with E-state index in [1.807, 2.05) is 0 Å². The lowest BCUT2D eigenvalue weighted by atomic mass is 10.5. The van der Waals surface area contributed by atoms with Gasteiger partial charge in [0.05, 0.1) is 0 Å². The summed E-state index contributed by atoms with van der Waals surface area (Å²) in [6.45, 7) is 0. The van der Waals surface area contributed by atoms with Gasteiger partial charge < -0.3 is 21.7 Å². The second-order valence-corrected chi connectivity index (χ2v) is 2.15. The van der Waals surface area contributed by atoms with Gasteiger partial charge in [-0.1, -0.05) is 0 Å². The van der Waals surface area contributed by atoms with E-state index < -0.39 is 23.8 Å². The predicted octanol–water partition coefficient (Wildman–Crippen LogP) is -1.77. The topological polar surface area (TPSA) is 161 Å². The van der Waals surface area contributed by atoms with Crippen molar-refractivity contribution in [2.45, 2.75) is 0 Å². The molecule has 0 saturated carbocycles. The van der Waals surface area contributed by atoms with E-state index in [0.29, 0.717) is 12.2 Å². The van der Waals surface area contributed by atoms with Gasteiger partial charge in [0.15, 0.2) is 0 Å². The molecular formula is C8H10N2O6. The van der Waals surface area contributed by atoms with Gasteiger partial charge in [0, 0.05) is 24.3 Å². The van der Waals surface area contributed by atoms with Crippen LogP contribution in [0.25, 0.3) is 0 Å². The Kier molecular flexibility index (Phi) is 8.83. The van der Waals surface area contributed by atoms with Crippen LogP contribution in [0.4, 0.5) is 0 Å². The van der Waals surface area contributed by atoms with Gasteiger partial charge in [0.2, 0.25) is 11.8 Å². The zero-order valence-electron chi connectivity index (χ0n) is 7.99. The average molecular weight is 230 g/mol. The molecule has 0 aliphatic rings. The molecule has 0 unspecified atom stereocenters. The summed E-state index contributed by atoms with van der Waals surface area (Å²) in [6, 6.07) is 0. The molecule has 0 aliphatic heterocycles. The van der Waals surface area contributed by atoms with E-state index in [4.69, 9.17) is 10.2 Å². The second-order valence-electron chi connectivity index (χ2n) is 2.15. The number of carboxylic acids is 2. The summed E-state index contributed by atoms with van der Waals surface area (Å²) in [6.07, 6.45) is 2.93. The van der Waals surface area contributed by atoms with Crippen LogP contribution in [0.1, 0.15) is 0 Å². The highest BCUT2D eigenvalue weighted by atomic mass is 16.4. The van der Waals surface area contributed by atoms with Crippen molar-refractivity contribution in [3.8, 4) is 0 Å². The summed E-state index contributed by atoms with van der Waals surface area (Å²) in [5.74, 6) is -3.87. The minimum Gasteiger partial charge on any atom is -0.478 e. The first-order valence-corrected chi connectivity index (χ1v) is 3.66. The molecule has 0 bridgehead atoms. The van der Waals surface area contributed by atoms with E-state index in [-0.39, 0.29) is 0 Å². The Morgan fingerprint density at radius 2 is 0.938 bits per heavy atom. The summed E-state index contributed by atoms with van der Waals surface area (Å²) in [4.78, 5) is 38.8. The minimum absolute atomic E-state index is 0.558. The Hall–Kier alpha value is -2.64. The van der Waals surface area contributed by atoms with Crippen LogP contribution in [-0.2, 0) is 19.2 Å². The van der Waals surface area contributed by atoms with Gasteiger partial charge in [-0.15, -0.1) is 0 Å². The van der Waals surface area contributed by atoms with Crippen LogP contribution >= 0.6 is 0 Å². The molecular weight excluding hydrogens is 220 g/mol. The first kappa shape index (κ1) is 15.8. The van der Waals surface area contributed by atoms with Gasteiger partial charge in [-0.3, -0.25) is 9.59 Å². The molecule has 0 aliphatic carbocycles. The van der Waals surface area contributed by atoms with Crippen molar-refractivity contribution in [2.75, 3.05) is 0 Å². The van der Waals surface area contributed by atoms with Crippen LogP contribution in [0.5, 0.6) is 0 Å². The number of hydrogen-bond donors (Lipinski definition) is 4. The second kappa shape index (κ2) is 8.94. The van der Waals surface area contributed by atoms with Crippen molar-refractivity contribution in [1.82, 2.24) is 0 Å². The van der Waals surface area contributed by atoms with Gasteiger partial charge in [0.25, 0.3) is 0 Å². The zero-order chi connectivity index (χ0) is 13.1. The Balaban J connectivity index is 0. The highest BCUT2D eigenvalue weighted by Gasteiger charge is 1.88. The van der Waals surface area contributed by atoms with Crippen molar-refractivity contribution in [3.05, 3.63) is 24.3 Å². The van der Waals surface area contributed by atoms with Crippen LogP contribution in [0, 0.1) is 0 Å². The third-order valence-corrected chi connectivity index (χ3v) is 0.780. The fraction of sp³-hybridized carbons (Fsp3) is 0. The highest BCUT2D eigenvalue weighted by Crippen LogP contribution is 1.70. The smallest absolute Gasteiger partial charge is 0.328 e. The molecule has 8 heteroatoms. The molecule has 0 radical (unpaired) electrons. The van der Waals surface area contributed by atoms with E-state index in [2.05, 4.69) is 11.5 Å². The molecule has 0 spiro atoms. The molecule has 0 aromatic rings. The predicted molar refractivity (Wildman–Crippen MR) is 51.9 cm³/mol. The number of carbonyl (C=O) groups excluding carboxylic acids is 2. The molecule has 6 N–H and O–H groups in total. The number of primary amides is 2. The number of carbonyl (C=O) groups is 4. The van der Waals surface area contributed by atoms with Gasteiger partial charge in [-0.2, -0.15) is 0 Å². The molecule has 0 saturated heterocycles. The van der Waals surface area contributed by atoms with Crippen LogP contribution in [-0.4, -0.2) is 34.0 Å². The number of rotatable bonds is 4. The number of amides is 2. The van der Waals surface area contributed by atoms with Gasteiger partial charge >= 0.3 is 11.9 Å². The molecule has 0 aromatic carbocycles. The third kappa shape index (κ3) is 22.5.